The van der Waals surface area contributed by atoms with Gasteiger partial charge in [0.05, 0.1) is 6.04 Å². The quantitative estimate of drug-likeness (QED) is 0.825. The fourth-order valence-corrected chi connectivity index (χ4v) is 2.72. The SMILES string of the molecule is CC(=O)N(C[C@H]1CCCN1C(=O)[C@@H](N)C(C)C)C(C)C. The molecule has 0 spiro atoms. The Morgan fingerprint density at radius 1 is 1.30 bits per heavy atom. The Balaban J connectivity index is 2.74. The van der Waals surface area contributed by atoms with Crippen LogP contribution in [0.1, 0.15) is 47.5 Å². The van der Waals surface area contributed by atoms with Crippen LogP contribution in [-0.2, 0) is 9.59 Å². The van der Waals surface area contributed by atoms with Crippen molar-refractivity contribution in [2.75, 3.05) is 13.1 Å². The largest absolute Gasteiger partial charge is 0.338 e. The van der Waals surface area contributed by atoms with Gasteiger partial charge in [-0.25, -0.2) is 0 Å². The van der Waals surface area contributed by atoms with Gasteiger partial charge in [-0.2, -0.15) is 0 Å². The van der Waals surface area contributed by atoms with Crippen LogP contribution in [0.15, 0.2) is 0 Å². The van der Waals surface area contributed by atoms with Crippen molar-refractivity contribution < 1.29 is 9.59 Å². The number of hydrogen-bond donors (Lipinski definition) is 1. The minimum Gasteiger partial charge on any atom is -0.338 e. The van der Waals surface area contributed by atoms with Crippen LogP contribution in [0.4, 0.5) is 0 Å². The lowest BCUT2D eigenvalue weighted by Crippen LogP contribution is -2.52. The molecular weight excluding hydrogens is 254 g/mol. The van der Waals surface area contributed by atoms with Crippen molar-refractivity contribution in [3.05, 3.63) is 0 Å². The number of likely N-dealkylation sites (tertiary alicyclic amines) is 1. The second kappa shape index (κ2) is 7.07. The highest BCUT2D eigenvalue weighted by Gasteiger charge is 2.34. The molecule has 0 bridgehead atoms. The standard InChI is InChI=1S/C15H29N3O2/c1-10(2)14(16)15(20)17-8-6-7-13(17)9-18(11(3)4)12(5)19/h10-11,13-14H,6-9,16H2,1-5H3/t13-,14+/m1/s1. The molecule has 0 saturated carbocycles. The number of nitrogens with two attached hydrogens (primary N) is 1. The monoisotopic (exact) mass is 283 g/mol. The molecule has 1 fully saturated rings. The summed E-state index contributed by atoms with van der Waals surface area (Å²) in [7, 11) is 0. The Hall–Kier alpha value is -1.10. The maximum absolute atomic E-state index is 12.4. The first-order chi connectivity index (χ1) is 9.25. The third-order valence-electron chi connectivity index (χ3n) is 4.10. The lowest BCUT2D eigenvalue weighted by Gasteiger charge is -2.34. The van der Waals surface area contributed by atoms with Crippen LogP contribution in [-0.4, -0.2) is 52.8 Å². The fourth-order valence-electron chi connectivity index (χ4n) is 2.72. The highest BCUT2D eigenvalue weighted by molar-refractivity contribution is 5.82. The molecule has 0 aromatic heterocycles. The Bertz CT molecular complexity index is 355. The number of carbonyl (C=O) groups is 2. The van der Waals surface area contributed by atoms with Crippen molar-refractivity contribution in [1.29, 1.82) is 0 Å². The van der Waals surface area contributed by atoms with Gasteiger partial charge in [0.25, 0.3) is 0 Å². The number of nitrogens with zero attached hydrogens (tertiary/aromatic N) is 2. The van der Waals surface area contributed by atoms with Gasteiger partial charge in [-0.15, -0.1) is 0 Å². The Morgan fingerprint density at radius 3 is 2.35 bits per heavy atom. The Kier molecular flexibility index (Phi) is 5.99. The summed E-state index contributed by atoms with van der Waals surface area (Å²) < 4.78 is 0. The molecule has 1 heterocycles. The normalized spacial score (nSPS) is 20.6. The molecule has 2 amide bonds. The third kappa shape index (κ3) is 3.95. The molecule has 5 heteroatoms. The maximum Gasteiger partial charge on any atom is 0.240 e. The molecule has 0 aromatic rings. The van der Waals surface area contributed by atoms with E-state index in [1.807, 2.05) is 37.5 Å². The zero-order valence-corrected chi connectivity index (χ0v) is 13.4. The smallest absolute Gasteiger partial charge is 0.240 e. The van der Waals surface area contributed by atoms with Crippen molar-refractivity contribution in [3.8, 4) is 0 Å². The molecule has 1 aliphatic heterocycles. The van der Waals surface area contributed by atoms with Crippen molar-refractivity contribution in [2.24, 2.45) is 11.7 Å². The average Bonchev–Trinajstić information content (AvgIpc) is 2.81. The van der Waals surface area contributed by atoms with Crippen molar-refractivity contribution >= 4 is 11.8 Å². The molecule has 1 rings (SSSR count). The van der Waals surface area contributed by atoms with E-state index >= 15 is 0 Å². The zero-order chi connectivity index (χ0) is 15.4. The van der Waals surface area contributed by atoms with Crippen molar-refractivity contribution in [1.82, 2.24) is 9.80 Å². The van der Waals surface area contributed by atoms with Gasteiger partial charge in [0.1, 0.15) is 0 Å². The van der Waals surface area contributed by atoms with Gasteiger partial charge in [-0.05, 0) is 32.6 Å². The van der Waals surface area contributed by atoms with E-state index in [9.17, 15) is 9.59 Å². The second-order valence-corrected chi connectivity index (χ2v) is 6.36. The molecule has 20 heavy (non-hydrogen) atoms. The molecule has 0 aromatic carbocycles. The molecule has 0 unspecified atom stereocenters. The first-order valence-corrected chi connectivity index (χ1v) is 7.59. The summed E-state index contributed by atoms with van der Waals surface area (Å²) in [5, 5.41) is 0. The van der Waals surface area contributed by atoms with E-state index in [2.05, 4.69) is 0 Å². The highest BCUT2D eigenvalue weighted by atomic mass is 16.2. The van der Waals surface area contributed by atoms with Gasteiger partial charge in [0, 0.05) is 32.1 Å². The summed E-state index contributed by atoms with van der Waals surface area (Å²) in [6.45, 7) is 10.9. The van der Waals surface area contributed by atoms with Crippen LogP contribution in [0.25, 0.3) is 0 Å². The van der Waals surface area contributed by atoms with Crippen LogP contribution in [0.2, 0.25) is 0 Å². The number of hydrogen-bond acceptors (Lipinski definition) is 3. The summed E-state index contributed by atoms with van der Waals surface area (Å²) >= 11 is 0. The van der Waals surface area contributed by atoms with E-state index in [4.69, 9.17) is 5.73 Å². The predicted molar refractivity (Wildman–Crippen MR) is 80.1 cm³/mol. The second-order valence-electron chi connectivity index (χ2n) is 6.36. The van der Waals surface area contributed by atoms with Crippen LogP contribution in [0, 0.1) is 5.92 Å². The Labute approximate surface area is 122 Å². The topological polar surface area (TPSA) is 66.6 Å². The van der Waals surface area contributed by atoms with E-state index in [0.29, 0.717) is 6.54 Å². The third-order valence-corrected chi connectivity index (χ3v) is 4.10. The average molecular weight is 283 g/mol. The minimum atomic E-state index is -0.444. The molecule has 2 atom stereocenters. The van der Waals surface area contributed by atoms with Gasteiger partial charge >= 0.3 is 0 Å². The van der Waals surface area contributed by atoms with E-state index < -0.39 is 6.04 Å². The van der Waals surface area contributed by atoms with Gasteiger partial charge in [0.15, 0.2) is 0 Å². The first-order valence-electron chi connectivity index (χ1n) is 7.59. The fraction of sp³-hybridized carbons (Fsp3) is 0.867. The van der Waals surface area contributed by atoms with Crippen molar-refractivity contribution in [3.63, 3.8) is 0 Å². The van der Waals surface area contributed by atoms with Gasteiger partial charge < -0.3 is 15.5 Å². The summed E-state index contributed by atoms with van der Waals surface area (Å²) in [5.74, 6) is 0.222. The first kappa shape index (κ1) is 17.0. The lowest BCUT2D eigenvalue weighted by atomic mass is 10.0. The van der Waals surface area contributed by atoms with Gasteiger partial charge in [-0.3, -0.25) is 9.59 Å². The summed E-state index contributed by atoms with van der Waals surface area (Å²) in [5.41, 5.74) is 5.98. The van der Waals surface area contributed by atoms with Gasteiger partial charge in [-0.1, -0.05) is 13.8 Å². The molecule has 2 N–H and O–H groups in total. The molecule has 1 saturated heterocycles. The Morgan fingerprint density at radius 2 is 1.90 bits per heavy atom. The van der Waals surface area contributed by atoms with Crippen LogP contribution in [0.3, 0.4) is 0 Å². The van der Waals surface area contributed by atoms with Crippen molar-refractivity contribution in [2.45, 2.75) is 65.6 Å². The van der Waals surface area contributed by atoms with E-state index in [1.165, 1.54) is 0 Å². The zero-order valence-electron chi connectivity index (χ0n) is 13.4. The van der Waals surface area contributed by atoms with E-state index in [1.54, 1.807) is 6.92 Å². The van der Waals surface area contributed by atoms with E-state index in [0.717, 1.165) is 19.4 Å². The van der Waals surface area contributed by atoms with Gasteiger partial charge in [0.2, 0.25) is 11.8 Å². The highest BCUT2D eigenvalue weighted by Crippen LogP contribution is 2.21. The summed E-state index contributed by atoms with van der Waals surface area (Å²) in [6, 6.07) is -0.178. The van der Waals surface area contributed by atoms with Crippen LogP contribution < -0.4 is 5.73 Å². The summed E-state index contributed by atoms with van der Waals surface area (Å²) in [4.78, 5) is 27.8. The maximum atomic E-state index is 12.4. The molecule has 0 aliphatic carbocycles. The number of rotatable bonds is 5. The predicted octanol–water partition coefficient (Wildman–Crippen LogP) is 1.22. The lowest BCUT2D eigenvalue weighted by molar-refractivity contribution is -0.138. The molecule has 0 radical (unpaired) electrons. The van der Waals surface area contributed by atoms with E-state index in [-0.39, 0.29) is 29.8 Å². The summed E-state index contributed by atoms with van der Waals surface area (Å²) in [6.07, 6.45) is 1.94. The molecular formula is C15H29N3O2. The van der Waals surface area contributed by atoms with Crippen LogP contribution in [0.5, 0.6) is 0 Å². The number of carbonyl (C=O) groups excluding carboxylic acids is 2. The minimum absolute atomic E-state index is 0.0229. The van der Waals surface area contributed by atoms with Crippen LogP contribution >= 0.6 is 0 Å². The molecule has 116 valence electrons. The molecule has 1 aliphatic rings. The molecule has 5 nitrogen and oxygen atoms in total. The number of amides is 2.